The summed E-state index contributed by atoms with van der Waals surface area (Å²) in [6.45, 7) is 5.33. The van der Waals surface area contributed by atoms with E-state index in [1.165, 1.54) is 0 Å². The number of unbranched alkanes of at least 4 members (excludes halogenated alkanes) is 1. The third-order valence-electron chi connectivity index (χ3n) is 2.59. The number of hydrogen-bond donors (Lipinski definition) is 2. The molecule has 0 unspecified atom stereocenters. The van der Waals surface area contributed by atoms with Crippen molar-refractivity contribution < 1.29 is 9.53 Å². The topological polar surface area (TPSA) is 64.3 Å². The van der Waals surface area contributed by atoms with Crippen molar-refractivity contribution in [1.29, 1.82) is 0 Å². The fraction of sp³-hybridized carbons (Fsp3) is 0.533. The van der Waals surface area contributed by atoms with Crippen molar-refractivity contribution in [2.45, 2.75) is 39.2 Å². The van der Waals surface area contributed by atoms with Gasteiger partial charge >= 0.3 is 0 Å². The summed E-state index contributed by atoms with van der Waals surface area (Å²) in [5.41, 5.74) is 6.37. The lowest BCUT2D eigenvalue weighted by Crippen LogP contribution is -2.26. The summed E-state index contributed by atoms with van der Waals surface area (Å²) in [5.74, 6) is 0.849. The SMILES string of the molecule is CC(C)Oc1cccc(CC(=O)NCCCCN)c1.Cl. The van der Waals surface area contributed by atoms with Crippen molar-refractivity contribution in [3.05, 3.63) is 29.8 Å². The second-order valence-corrected chi connectivity index (χ2v) is 4.84. The predicted molar refractivity (Wildman–Crippen MR) is 84.5 cm³/mol. The molecule has 3 N–H and O–H groups in total. The fourth-order valence-corrected chi connectivity index (χ4v) is 1.75. The average molecular weight is 301 g/mol. The molecular formula is C15H25ClN2O2. The molecule has 4 nitrogen and oxygen atoms in total. The van der Waals surface area contributed by atoms with Crippen LogP contribution in [0, 0.1) is 0 Å². The molecule has 0 aliphatic rings. The summed E-state index contributed by atoms with van der Waals surface area (Å²) in [6.07, 6.45) is 2.40. The van der Waals surface area contributed by atoms with Gasteiger partial charge in [0.05, 0.1) is 12.5 Å². The molecule has 0 spiro atoms. The van der Waals surface area contributed by atoms with E-state index in [9.17, 15) is 4.79 Å². The van der Waals surface area contributed by atoms with Gasteiger partial charge in [0.1, 0.15) is 5.75 Å². The van der Waals surface area contributed by atoms with Gasteiger partial charge in [-0.2, -0.15) is 0 Å². The molecule has 0 atom stereocenters. The Kier molecular flexibility index (Phi) is 9.86. The molecule has 0 aliphatic heterocycles. The van der Waals surface area contributed by atoms with Gasteiger partial charge in [-0.05, 0) is 50.9 Å². The molecule has 0 heterocycles. The van der Waals surface area contributed by atoms with Crippen LogP contribution >= 0.6 is 12.4 Å². The lowest BCUT2D eigenvalue weighted by Gasteiger charge is -2.11. The zero-order chi connectivity index (χ0) is 14.1. The molecule has 114 valence electrons. The summed E-state index contributed by atoms with van der Waals surface area (Å²) in [6, 6.07) is 7.67. The largest absolute Gasteiger partial charge is 0.491 e. The second-order valence-electron chi connectivity index (χ2n) is 4.84. The smallest absolute Gasteiger partial charge is 0.224 e. The van der Waals surface area contributed by atoms with Gasteiger partial charge in [-0.25, -0.2) is 0 Å². The Morgan fingerprint density at radius 1 is 1.35 bits per heavy atom. The molecule has 0 radical (unpaired) electrons. The monoisotopic (exact) mass is 300 g/mol. The van der Waals surface area contributed by atoms with E-state index in [1.54, 1.807) is 0 Å². The van der Waals surface area contributed by atoms with Crippen LogP contribution in [0.3, 0.4) is 0 Å². The lowest BCUT2D eigenvalue weighted by molar-refractivity contribution is -0.120. The van der Waals surface area contributed by atoms with Gasteiger partial charge in [0, 0.05) is 6.54 Å². The maximum absolute atomic E-state index is 11.7. The minimum absolute atomic E-state index is 0. The van der Waals surface area contributed by atoms with Crippen molar-refractivity contribution in [2.24, 2.45) is 5.73 Å². The summed E-state index contributed by atoms with van der Waals surface area (Å²) in [5, 5.41) is 2.89. The van der Waals surface area contributed by atoms with Crippen LogP contribution in [0.15, 0.2) is 24.3 Å². The number of nitrogens with one attached hydrogen (secondary N) is 1. The highest BCUT2D eigenvalue weighted by atomic mass is 35.5. The van der Waals surface area contributed by atoms with Crippen LogP contribution in [-0.2, 0) is 11.2 Å². The first kappa shape index (κ1) is 18.7. The van der Waals surface area contributed by atoms with E-state index in [-0.39, 0.29) is 24.4 Å². The van der Waals surface area contributed by atoms with E-state index in [2.05, 4.69) is 5.32 Å². The van der Waals surface area contributed by atoms with Gasteiger partial charge in [-0.15, -0.1) is 12.4 Å². The highest BCUT2D eigenvalue weighted by molar-refractivity contribution is 5.85. The van der Waals surface area contributed by atoms with Gasteiger partial charge < -0.3 is 15.8 Å². The van der Waals surface area contributed by atoms with Gasteiger partial charge in [0.25, 0.3) is 0 Å². The molecule has 0 fully saturated rings. The first-order chi connectivity index (χ1) is 9.11. The molecule has 1 aromatic carbocycles. The van der Waals surface area contributed by atoms with Crippen LogP contribution in [0.1, 0.15) is 32.3 Å². The third-order valence-corrected chi connectivity index (χ3v) is 2.59. The molecule has 0 aliphatic carbocycles. The van der Waals surface area contributed by atoms with E-state index in [0.29, 0.717) is 19.5 Å². The number of benzene rings is 1. The van der Waals surface area contributed by atoms with Gasteiger partial charge in [0.2, 0.25) is 5.91 Å². The van der Waals surface area contributed by atoms with Crippen LogP contribution in [-0.4, -0.2) is 25.1 Å². The van der Waals surface area contributed by atoms with Crippen molar-refractivity contribution in [2.75, 3.05) is 13.1 Å². The van der Waals surface area contributed by atoms with E-state index in [0.717, 1.165) is 24.2 Å². The van der Waals surface area contributed by atoms with Gasteiger partial charge in [-0.1, -0.05) is 12.1 Å². The maximum Gasteiger partial charge on any atom is 0.224 e. The van der Waals surface area contributed by atoms with Crippen LogP contribution in [0.2, 0.25) is 0 Å². The van der Waals surface area contributed by atoms with E-state index < -0.39 is 0 Å². The van der Waals surface area contributed by atoms with Crippen LogP contribution in [0.5, 0.6) is 5.75 Å². The number of nitrogens with two attached hydrogens (primary N) is 1. The molecule has 0 saturated heterocycles. The number of ether oxygens (including phenoxy) is 1. The Labute approximate surface area is 127 Å². The summed E-state index contributed by atoms with van der Waals surface area (Å²) in [4.78, 5) is 11.7. The van der Waals surface area contributed by atoms with Crippen LogP contribution in [0.25, 0.3) is 0 Å². The fourth-order valence-electron chi connectivity index (χ4n) is 1.75. The molecular weight excluding hydrogens is 276 g/mol. The van der Waals surface area contributed by atoms with Crippen molar-refractivity contribution in [3.8, 4) is 5.75 Å². The van der Waals surface area contributed by atoms with Crippen molar-refractivity contribution >= 4 is 18.3 Å². The highest BCUT2D eigenvalue weighted by Crippen LogP contribution is 2.15. The van der Waals surface area contributed by atoms with Crippen LogP contribution < -0.4 is 15.8 Å². The quantitative estimate of drug-likeness (QED) is 0.724. The van der Waals surface area contributed by atoms with E-state index in [4.69, 9.17) is 10.5 Å². The average Bonchev–Trinajstić information content (AvgIpc) is 2.34. The summed E-state index contributed by atoms with van der Waals surface area (Å²) < 4.78 is 5.60. The number of rotatable bonds is 8. The normalized spacial score (nSPS) is 10.0. The number of carbonyl (C=O) groups excluding carboxylic acids is 1. The molecule has 1 rings (SSSR count). The Morgan fingerprint density at radius 3 is 2.75 bits per heavy atom. The molecule has 0 saturated carbocycles. The molecule has 1 aromatic rings. The van der Waals surface area contributed by atoms with E-state index >= 15 is 0 Å². The number of hydrogen-bond acceptors (Lipinski definition) is 3. The minimum atomic E-state index is 0. The maximum atomic E-state index is 11.7. The Hall–Kier alpha value is -1.26. The molecule has 5 heteroatoms. The predicted octanol–water partition coefficient (Wildman–Crippen LogP) is 2.29. The Bertz CT molecular complexity index is 397. The van der Waals surface area contributed by atoms with Crippen molar-refractivity contribution in [3.63, 3.8) is 0 Å². The molecule has 0 aromatic heterocycles. The zero-order valence-corrected chi connectivity index (χ0v) is 13.0. The van der Waals surface area contributed by atoms with Gasteiger partial charge in [-0.3, -0.25) is 4.79 Å². The second kappa shape index (κ2) is 10.5. The van der Waals surface area contributed by atoms with E-state index in [1.807, 2.05) is 38.1 Å². The zero-order valence-electron chi connectivity index (χ0n) is 12.2. The first-order valence-electron chi connectivity index (χ1n) is 6.84. The molecule has 20 heavy (non-hydrogen) atoms. The third kappa shape index (κ3) is 8.02. The van der Waals surface area contributed by atoms with Crippen molar-refractivity contribution in [1.82, 2.24) is 5.32 Å². The summed E-state index contributed by atoms with van der Waals surface area (Å²) in [7, 11) is 0. The molecule has 0 bridgehead atoms. The number of carbonyl (C=O) groups is 1. The highest BCUT2D eigenvalue weighted by Gasteiger charge is 2.04. The first-order valence-corrected chi connectivity index (χ1v) is 6.84. The Morgan fingerprint density at radius 2 is 2.10 bits per heavy atom. The Balaban J connectivity index is 0.00000361. The summed E-state index contributed by atoms with van der Waals surface area (Å²) >= 11 is 0. The van der Waals surface area contributed by atoms with Gasteiger partial charge in [0.15, 0.2) is 0 Å². The number of amides is 1. The molecule has 1 amide bonds. The minimum Gasteiger partial charge on any atom is -0.491 e. The lowest BCUT2D eigenvalue weighted by atomic mass is 10.1. The van der Waals surface area contributed by atoms with Crippen LogP contribution in [0.4, 0.5) is 0 Å². The standard InChI is InChI=1S/C15H24N2O2.ClH/c1-12(2)19-14-7-5-6-13(10-14)11-15(18)17-9-4-3-8-16;/h5-7,10,12H,3-4,8-9,11,16H2,1-2H3,(H,17,18);1H. The number of halogens is 1.